The molecule has 0 aliphatic rings. The molecule has 2 aromatic rings. The molecule has 0 N–H and O–H groups in total. The van der Waals surface area contributed by atoms with Crippen molar-refractivity contribution in [1.29, 1.82) is 0 Å². The van der Waals surface area contributed by atoms with Gasteiger partial charge in [0.2, 0.25) is 11.8 Å². The van der Waals surface area contributed by atoms with Crippen molar-refractivity contribution in [3.05, 3.63) is 41.0 Å². The van der Waals surface area contributed by atoms with Crippen molar-refractivity contribution in [3.63, 3.8) is 0 Å². The van der Waals surface area contributed by atoms with Crippen LogP contribution < -0.4 is 9.64 Å². The third-order valence-corrected chi connectivity index (χ3v) is 3.15. The number of methoxy groups -OCH3 is 1. The lowest BCUT2D eigenvalue weighted by molar-refractivity contribution is -0.139. The number of halogens is 4. The minimum atomic E-state index is -4.57. The van der Waals surface area contributed by atoms with E-state index in [-0.39, 0.29) is 5.95 Å². The molecule has 22 heavy (non-hydrogen) atoms. The summed E-state index contributed by atoms with van der Waals surface area (Å²) in [5, 5.41) is 0.509. The van der Waals surface area contributed by atoms with Crippen molar-refractivity contribution >= 4 is 23.2 Å². The standard InChI is InChI=1S/C14H13ClF3N3O/c1-3-21(10-6-4-5-9(15)7-10)13-19-8-11(14(16,17)18)12(20-13)22-2/h4-8H,3H2,1-2H3. The molecule has 0 atom stereocenters. The second-order valence-electron chi connectivity index (χ2n) is 4.31. The van der Waals surface area contributed by atoms with Gasteiger partial charge >= 0.3 is 6.18 Å². The molecule has 0 fully saturated rings. The van der Waals surface area contributed by atoms with Gasteiger partial charge in [0.15, 0.2) is 0 Å². The van der Waals surface area contributed by atoms with Crippen LogP contribution in [-0.4, -0.2) is 23.6 Å². The van der Waals surface area contributed by atoms with E-state index in [4.69, 9.17) is 16.3 Å². The summed E-state index contributed by atoms with van der Waals surface area (Å²) in [6.07, 6.45) is -3.86. The smallest absolute Gasteiger partial charge is 0.423 e. The Bertz CT molecular complexity index is 664. The van der Waals surface area contributed by atoms with Gasteiger partial charge in [0.05, 0.1) is 7.11 Å². The van der Waals surface area contributed by atoms with Crippen LogP contribution in [-0.2, 0) is 6.18 Å². The fraction of sp³-hybridized carbons (Fsp3) is 0.286. The summed E-state index contributed by atoms with van der Waals surface area (Å²) in [5.41, 5.74) is -0.335. The van der Waals surface area contributed by atoms with Gasteiger partial charge in [-0.25, -0.2) is 4.98 Å². The normalized spacial score (nSPS) is 11.4. The van der Waals surface area contributed by atoms with E-state index in [1.807, 2.05) is 6.92 Å². The number of aromatic nitrogens is 2. The van der Waals surface area contributed by atoms with Crippen LogP contribution in [0.1, 0.15) is 12.5 Å². The van der Waals surface area contributed by atoms with Crippen LogP contribution in [0.5, 0.6) is 5.88 Å². The van der Waals surface area contributed by atoms with Gasteiger partial charge in [-0.05, 0) is 25.1 Å². The highest BCUT2D eigenvalue weighted by atomic mass is 35.5. The van der Waals surface area contributed by atoms with Gasteiger partial charge in [0.25, 0.3) is 0 Å². The number of hydrogen-bond acceptors (Lipinski definition) is 4. The number of hydrogen-bond donors (Lipinski definition) is 0. The predicted molar refractivity (Wildman–Crippen MR) is 77.7 cm³/mol. The molecule has 0 amide bonds. The molecule has 1 aromatic heterocycles. The quantitative estimate of drug-likeness (QED) is 0.836. The molecule has 0 aliphatic heterocycles. The van der Waals surface area contributed by atoms with Crippen LogP contribution in [0.15, 0.2) is 30.5 Å². The van der Waals surface area contributed by atoms with E-state index in [1.165, 1.54) is 0 Å². The van der Waals surface area contributed by atoms with Gasteiger partial charge in [-0.1, -0.05) is 17.7 Å². The zero-order valence-corrected chi connectivity index (χ0v) is 12.6. The molecule has 0 unspecified atom stereocenters. The first-order chi connectivity index (χ1) is 10.4. The molecule has 0 saturated heterocycles. The summed E-state index contributed by atoms with van der Waals surface area (Å²) in [7, 11) is 1.14. The maximum Gasteiger partial charge on any atom is 0.423 e. The molecule has 0 aliphatic carbocycles. The fourth-order valence-electron chi connectivity index (χ4n) is 1.92. The van der Waals surface area contributed by atoms with Crippen molar-refractivity contribution < 1.29 is 17.9 Å². The third kappa shape index (κ3) is 3.41. The minimum absolute atomic E-state index is 0.106. The number of ether oxygens (including phenoxy) is 1. The van der Waals surface area contributed by atoms with Crippen LogP contribution in [0.4, 0.5) is 24.8 Å². The Hall–Kier alpha value is -2.02. The van der Waals surface area contributed by atoms with E-state index >= 15 is 0 Å². The molecule has 8 heteroatoms. The Labute approximate surface area is 130 Å². The van der Waals surface area contributed by atoms with Crippen molar-refractivity contribution in [1.82, 2.24) is 9.97 Å². The van der Waals surface area contributed by atoms with Crippen molar-refractivity contribution in [2.75, 3.05) is 18.6 Å². The maximum absolute atomic E-state index is 12.8. The van der Waals surface area contributed by atoms with E-state index in [0.717, 1.165) is 7.11 Å². The second kappa shape index (κ2) is 6.39. The zero-order valence-electron chi connectivity index (χ0n) is 11.9. The molecule has 0 spiro atoms. The number of alkyl halides is 3. The monoisotopic (exact) mass is 331 g/mol. The van der Waals surface area contributed by atoms with E-state index < -0.39 is 17.6 Å². The van der Waals surface area contributed by atoms with E-state index in [0.29, 0.717) is 23.5 Å². The van der Waals surface area contributed by atoms with Crippen LogP contribution in [0.25, 0.3) is 0 Å². The number of nitrogens with zero attached hydrogens (tertiary/aromatic N) is 3. The fourth-order valence-corrected chi connectivity index (χ4v) is 2.11. The summed E-state index contributed by atoms with van der Waals surface area (Å²) in [5.74, 6) is -0.410. The lowest BCUT2D eigenvalue weighted by atomic mass is 10.3. The van der Waals surface area contributed by atoms with Crippen LogP contribution in [0.3, 0.4) is 0 Å². The summed E-state index contributed by atoms with van der Waals surface area (Å²) < 4.78 is 43.2. The van der Waals surface area contributed by atoms with E-state index in [9.17, 15) is 13.2 Å². The van der Waals surface area contributed by atoms with Crippen molar-refractivity contribution in [2.45, 2.75) is 13.1 Å². The highest BCUT2D eigenvalue weighted by Gasteiger charge is 2.36. The molecule has 0 radical (unpaired) electrons. The first-order valence-corrected chi connectivity index (χ1v) is 6.76. The number of rotatable bonds is 4. The van der Waals surface area contributed by atoms with Gasteiger partial charge in [-0.3, -0.25) is 0 Å². The maximum atomic E-state index is 12.8. The average Bonchev–Trinajstić information content (AvgIpc) is 2.47. The lowest BCUT2D eigenvalue weighted by Gasteiger charge is -2.22. The summed E-state index contributed by atoms with van der Waals surface area (Å²) in [6, 6.07) is 6.89. The number of anilines is 2. The largest absolute Gasteiger partial charge is 0.480 e. The second-order valence-corrected chi connectivity index (χ2v) is 4.75. The van der Waals surface area contributed by atoms with Gasteiger partial charge < -0.3 is 9.64 Å². The molecule has 2 rings (SSSR count). The van der Waals surface area contributed by atoms with Gasteiger partial charge in [-0.2, -0.15) is 18.2 Å². The lowest BCUT2D eigenvalue weighted by Crippen LogP contribution is -2.20. The Morgan fingerprint density at radius 2 is 2.05 bits per heavy atom. The first kappa shape index (κ1) is 16.4. The Kier molecular flexibility index (Phi) is 4.75. The average molecular weight is 332 g/mol. The molecule has 1 aromatic carbocycles. The minimum Gasteiger partial charge on any atom is -0.480 e. The van der Waals surface area contributed by atoms with Crippen molar-refractivity contribution in [3.8, 4) is 5.88 Å². The highest BCUT2D eigenvalue weighted by molar-refractivity contribution is 6.30. The summed E-state index contributed by atoms with van der Waals surface area (Å²) in [4.78, 5) is 9.30. The third-order valence-electron chi connectivity index (χ3n) is 2.92. The van der Waals surface area contributed by atoms with Gasteiger partial charge in [0.1, 0.15) is 5.56 Å². The highest BCUT2D eigenvalue weighted by Crippen LogP contribution is 2.36. The molecular formula is C14H13ClF3N3O. The molecule has 0 bridgehead atoms. The van der Waals surface area contributed by atoms with Gasteiger partial charge in [-0.15, -0.1) is 0 Å². The number of benzene rings is 1. The Morgan fingerprint density at radius 3 is 2.59 bits per heavy atom. The molecule has 4 nitrogen and oxygen atoms in total. The Balaban J connectivity index is 2.47. The first-order valence-electron chi connectivity index (χ1n) is 6.38. The van der Waals surface area contributed by atoms with Crippen LogP contribution in [0.2, 0.25) is 5.02 Å². The topological polar surface area (TPSA) is 38.2 Å². The molecule has 0 saturated carbocycles. The SMILES string of the molecule is CCN(c1cccc(Cl)c1)c1ncc(C(F)(F)F)c(OC)n1. The van der Waals surface area contributed by atoms with E-state index in [2.05, 4.69) is 9.97 Å². The molecule has 1 heterocycles. The van der Waals surface area contributed by atoms with Crippen LogP contribution in [0, 0.1) is 0 Å². The van der Waals surface area contributed by atoms with Crippen LogP contribution >= 0.6 is 11.6 Å². The van der Waals surface area contributed by atoms with Crippen molar-refractivity contribution in [2.24, 2.45) is 0 Å². The Morgan fingerprint density at radius 1 is 1.32 bits per heavy atom. The summed E-state index contributed by atoms with van der Waals surface area (Å²) >= 11 is 5.94. The summed E-state index contributed by atoms with van der Waals surface area (Å²) in [6.45, 7) is 2.28. The zero-order chi connectivity index (χ0) is 16.3. The molecular weight excluding hydrogens is 319 g/mol. The van der Waals surface area contributed by atoms with Gasteiger partial charge in [0, 0.05) is 23.5 Å². The van der Waals surface area contributed by atoms with E-state index in [1.54, 1.807) is 29.2 Å². The molecule has 118 valence electrons. The predicted octanol–water partition coefficient (Wildman–Crippen LogP) is 4.32.